The molecule has 10 heteroatoms. The quantitative estimate of drug-likeness (QED) is 0.518. The van der Waals surface area contributed by atoms with Crippen LogP contribution in [0.5, 0.6) is 0 Å². The van der Waals surface area contributed by atoms with E-state index in [0.29, 0.717) is 11.8 Å². The number of methoxy groups -OCH3 is 1. The van der Waals surface area contributed by atoms with Crippen molar-refractivity contribution >= 4 is 18.1 Å². The van der Waals surface area contributed by atoms with E-state index in [1.54, 1.807) is 10.8 Å². The van der Waals surface area contributed by atoms with Crippen molar-refractivity contribution < 1.29 is 14.6 Å². The van der Waals surface area contributed by atoms with Crippen LogP contribution in [0.15, 0.2) is 43.1 Å². The summed E-state index contributed by atoms with van der Waals surface area (Å²) in [6.07, 6.45) is 12.0. The van der Waals surface area contributed by atoms with Gasteiger partial charge in [0, 0.05) is 38.8 Å². The summed E-state index contributed by atoms with van der Waals surface area (Å²) >= 11 is 0. The van der Waals surface area contributed by atoms with E-state index in [2.05, 4.69) is 30.3 Å². The van der Waals surface area contributed by atoms with E-state index < -0.39 is 0 Å². The van der Waals surface area contributed by atoms with Crippen LogP contribution in [-0.4, -0.2) is 79.9 Å². The van der Waals surface area contributed by atoms with Gasteiger partial charge >= 0.3 is 0 Å². The standard InChI is InChI=1S/C22H29N7O.CH2O2/c1-30-20-10-18-14-28(8-4-5-16-11-24-22-25-15-26-29(22)12-16)13-17(18)9-19(20)27-21-6-2-3-7-23-21;2-1-3/h2-3,6-7,11-12,15,17-20H,4-5,8-10,13-14H2,1H3,(H,23,27);1H,(H,2,3)/t17-,18+,19-,20-;/m1./s1. The topological polar surface area (TPSA) is 118 Å². The molecule has 0 amide bonds. The van der Waals surface area contributed by atoms with Crippen LogP contribution in [-0.2, 0) is 16.0 Å². The summed E-state index contributed by atoms with van der Waals surface area (Å²) < 4.78 is 7.61. The molecule has 2 N–H and O–H groups in total. The summed E-state index contributed by atoms with van der Waals surface area (Å²) in [5, 5.41) is 14.7. The van der Waals surface area contributed by atoms with Gasteiger partial charge < -0.3 is 20.1 Å². The van der Waals surface area contributed by atoms with Gasteiger partial charge in [-0.2, -0.15) is 10.1 Å². The van der Waals surface area contributed by atoms with Gasteiger partial charge in [-0.3, -0.25) is 4.79 Å². The number of fused-ring (bicyclic) bond motifs is 2. The number of carbonyl (C=O) groups is 1. The summed E-state index contributed by atoms with van der Waals surface area (Å²) in [7, 11) is 1.84. The van der Waals surface area contributed by atoms with E-state index in [4.69, 9.17) is 14.6 Å². The minimum absolute atomic E-state index is 0.244. The molecule has 2 fully saturated rings. The number of aromatic nitrogens is 5. The second-order valence-electron chi connectivity index (χ2n) is 8.67. The lowest BCUT2D eigenvalue weighted by Gasteiger charge is -2.37. The highest BCUT2D eigenvalue weighted by Gasteiger charge is 2.42. The molecule has 0 radical (unpaired) electrons. The summed E-state index contributed by atoms with van der Waals surface area (Å²) in [5.74, 6) is 3.05. The van der Waals surface area contributed by atoms with Gasteiger partial charge in [0.05, 0.1) is 12.1 Å². The van der Waals surface area contributed by atoms with Gasteiger partial charge in [0.1, 0.15) is 12.1 Å². The largest absolute Gasteiger partial charge is 0.483 e. The Kier molecular flexibility index (Phi) is 7.79. The fourth-order valence-electron chi connectivity index (χ4n) is 5.14. The number of anilines is 1. The lowest BCUT2D eigenvalue weighted by atomic mass is 9.77. The van der Waals surface area contributed by atoms with Crippen molar-refractivity contribution in [1.82, 2.24) is 29.5 Å². The van der Waals surface area contributed by atoms with Gasteiger partial charge in [-0.25, -0.2) is 14.5 Å². The smallest absolute Gasteiger partial charge is 0.290 e. The number of hydrogen-bond acceptors (Lipinski definition) is 8. The fraction of sp³-hybridized carbons (Fsp3) is 0.522. The van der Waals surface area contributed by atoms with E-state index in [1.165, 1.54) is 18.7 Å². The monoisotopic (exact) mass is 453 g/mol. The molecule has 10 nitrogen and oxygen atoms in total. The van der Waals surface area contributed by atoms with E-state index in [0.717, 1.165) is 49.9 Å². The second-order valence-corrected chi connectivity index (χ2v) is 8.67. The fourth-order valence-corrected chi connectivity index (χ4v) is 5.14. The summed E-state index contributed by atoms with van der Waals surface area (Å²) in [4.78, 5) is 23.9. The van der Waals surface area contributed by atoms with Crippen LogP contribution >= 0.6 is 0 Å². The number of nitrogens with zero attached hydrogens (tertiary/aromatic N) is 6. The molecule has 0 bridgehead atoms. The molecule has 5 rings (SSSR count). The SMILES string of the molecule is CO[C@@H]1C[C@H]2CN(CCCc3cnc4ncnn4c3)C[C@H]2C[C@H]1Nc1ccccn1.O=CO. The van der Waals surface area contributed by atoms with Crippen molar-refractivity contribution in [3.63, 3.8) is 0 Å². The molecule has 1 aliphatic carbocycles. The van der Waals surface area contributed by atoms with Crippen LogP contribution in [0.3, 0.4) is 0 Å². The Morgan fingerprint density at radius 2 is 2.03 bits per heavy atom. The first-order valence-corrected chi connectivity index (χ1v) is 11.3. The maximum absolute atomic E-state index is 8.36. The highest BCUT2D eigenvalue weighted by Crippen LogP contribution is 2.38. The molecular formula is C23H31N7O3. The van der Waals surface area contributed by atoms with Crippen LogP contribution in [0.1, 0.15) is 24.8 Å². The van der Waals surface area contributed by atoms with Crippen molar-refractivity contribution in [2.75, 3.05) is 32.1 Å². The number of ether oxygens (including phenoxy) is 1. The minimum Gasteiger partial charge on any atom is -0.483 e. The summed E-state index contributed by atoms with van der Waals surface area (Å²) in [6, 6.07) is 6.33. The van der Waals surface area contributed by atoms with Crippen molar-refractivity contribution in [3.05, 3.63) is 48.7 Å². The molecule has 176 valence electrons. The predicted molar refractivity (Wildman–Crippen MR) is 123 cm³/mol. The Hall–Kier alpha value is -3.11. The van der Waals surface area contributed by atoms with E-state index in [-0.39, 0.29) is 12.6 Å². The zero-order chi connectivity index (χ0) is 23.0. The van der Waals surface area contributed by atoms with Crippen molar-refractivity contribution in [1.29, 1.82) is 0 Å². The molecule has 0 spiro atoms. The third kappa shape index (κ3) is 5.82. The van der Waals surface area contributed by atoms with Crippen LogP contribution in [0.4, 0.5) is 5.82 Å². The van der Waals surface area contributed by atoms with Crippen molar-refractivity contribution in [2.45, 2.75) is 37.8 Å². The number of pyridine rings is 1. The average Bonchev–Trinajstić information content (AvgIpc) is 3.45. The number of hydrogen-bond donors (Lipinski definition) is 2. The Balaban J connectivity index is 0.000000821. The van der Waals surface area contributed by atoms with Crippen molar-refractivity contribution in [3.8, 4) is 0 Å². The Morgan fingerprint density at radius 3 is 2.79 bits per heavy atom. The van der Waals surface area contributed by atoms with Crippen LogP contribution in [0.2, 0.25) is 0 Å². The molecule has 3 aromatic rings. The lowest BCUT2D eigenvalue weighted by molar-refractivity contribution is -0.122. The zero-order valence-corrected chi connectivity index (χ0v) is 18.8. The minimum atomic E-state index is -0.250. The molecule has 0 unspecified atom stereocenters. The van der Waals surface area contributed by atoms with Gasteiger partial charge in [-0.15, -0.1) is 0 Å². The summed E-state index contributed by atoms with van der Waals surface area (Å²) in [6.45, 7) is 3.24. The number of nitrogens with one attached hydrogen (secondary N) is 1. The first kappa shape index (κ1) is 23.1. The van der Waals surface area contributed by atoms with E-state index in [1.807, 2.05) is 43.9 Å². The lowest BCUT2D eigenvalue weighted by Crippen LogP contribution is -2.44. The van der Waals surface area contributed by atoms with E-state index in [9.17, 15) is 0 Å². The average molecular weight is 454 g/mol. The molecule has 33 heavy (non-hydrogen) atoms. The van der Waals surface area contributed by atoms with Gasteiger partial charge in [-0.05, 0) is 61.8 Å². The highest BCUT2D eigenvalue weighted by atomic mass is 16.5. The van der Waals surface area contributed by atoms with Crippen LogP contribution in [0, 0.1) is 11.8 Å². The van der Waals surface area contributed by atoms with Crippen molar-refractivity contribution in [2.24, 2.45) is 11.8 Å². The maximum atomic E-state index is 8.36. The maximum Gasteiger partial charge on any atom is 0.290 e. The summed E-state index contributed by atoms with van der Waals surface area (Å²) in [5.41, 5.74) is 1.21. The highest BCUT2D eigenvalue weighted by molar-refractivity contribution is 5.35. The third-order valence-corrected chi connectivity index (χ3v) is 6.62. The first-order valence-electron chi connectivity index (χ1n) is 11.3. The number of likely N-dealkylation sites (tertiary alicyclic amines) is 1. The molecule has 1 aliphatic heterocycles. The zero-order valence-electron chi connectivity index (χ0n) is 18.8. The van der Waals surface area contributed by atoms with Gasteiger partial charge in [-0.1, -0.05) is 6.07 Å². The normalized spacial score (nSPS) is 24.6. The Bertz CT molecular complexity index is 1020. The molecule has 4 heterocycles. The van der Waals surface area contributed by atoms with E-state index >= 15 is 0 Å². The number of aryl methyl sites for hydroxylation is 1. The van der Waals surface area contributed by atoms with Gasteiger partial charge in [0.15, 0.2) is 0 Å². The number of rotatable bonds is 7. The molecule has 1 saturated carbocycles. The number of carboxylic acid groups (broad SMARTS) is 1. The molecule has 2 aliphatic rings. The Morgan fingerprint density at radius 1 is 1.21 bits per heavy atom. The molecule has 1 saturated heterocycles. The van der Waals surface area contributed by atoms with Gasteiger partial charge in [0.25, 0.3) is 12.2 Å². The molecule has 0 aromatic carbocycles. The Labute approximate surface area is 193 Å². The second kappa shape index (κ2) is 11.2. The molecular weight excluding hydrogens is 422 g/mol. The van der Waals surface area contributed by atoms with Crippen LogP contribution in [0.25, 0.3) is 5.78 Å². The molecule has 3 aromatic heterocycles. The van der Waals surface area contributed by atoms with Crippen LogP contribution < -0.4 is 5.32 Å². The first-order chi connectivity index (χ1) is 16.2. The van der Waals surface area contributed by atoms with Gasteiger partial charge in [0.2, 0.25) is 0 Å². The molecule has 4 atom stereocenters. The third-order valence-electron chi connectivity index (χ3n) is 6.62. The predicted octanol–water partition coefficient (Wildman–Crippen LogP) is 1.99.